The van der Waals surface area contributed by atoms with E-state index in [2.05, 4.69) is 5.32 Å². The van der Waals surface area contributed by atoms with E-state index in [1.165, 1.54) is 0 Å². The zero-order chi connectivity index (χ0) is 13.1. The number of aliphatic hydroxyl groups is 1. The summed E-state index contributed by atoms with van der Waals surface area (Å²) in [5.74, 6) is 0. The van der Waals surface area contributed by atoms with Gasteiger partial charge in [-0.3, -0.25) is 0 Å². The summed E-state index contributed by atoms with van der Waals surface area (Å²) in [6, 6.07) is 20.0. The van der Waals surface area contributed by atoms with Crippen molar-refractivity contribution in [3.63, 3.8) is 0 Å². The van der Waals surface area contributed by atoms with E-state index in [1.54, 1.807) is 0 Å². The Bertz CT molecular complexity index is 484. The predicted octanol–water partition coefficient (Wildman–Crippen LogP) is 3.12. The van der Waals surface area contributed by atoms with Crippen molar-refractivity contribution in [3.05, 3.63) is 79.2 Å². The maximum atomic E-state index is 11.4. The Morgan fingerprint density at radius 2 is 1.38 bits per heavy atom. The second kappa shape index (κ2) is 7.84. The zero-order valence-corrected chi connectivity index (χ0v) is 15.6. The SMILES string of the molecule is OC(c1ccccc1)(c1ccccc1)C1CCCN1.[CH3-].[Zn]. The van der Waals surface area contributed by atoms with Crippen LogP contribution in [0.15, 0.2) is 60.7 Å². The fourth-order valence-electron chi connectivity index (χ4n) is 2.99. The Labute approximate surface area is 140 Å². The molecule has 0 amide bonds. The van der Waals surface area contributed by atoms with Crippen LogP contribution < -0.4 is 5.32 Å². The van der Waals surface area contributed by atoms with E-state index in [9.17, 15) is 5.11 Å². The summed E-state index contributed by atoms with van der Waals surface area (Å²) in [5, 5.41) is 14.8. The van der Waals surface area contributed by atoms with E-state index in [-0.39, 0.29) is 32.9 Å². The van der Waals surface area contributed by atoms with Crippen molar-refractivity contribution in [1.82, 2.24) is 5.32 Å². The topological polar surface area (TPSA) is 32.3 Å². The molecule has 0 aromatic heterocycles. The molecule has 2 N–H and O–H groups in total. The van der Waals surface area contributed by atoms with E-state index < -0.39 is 5.60 Å². The van der Waals surface area contributed by atoms with Crippen LogP contribution in [0.25, 0.3) is 0 Å². The van der Waals surface area contributed by atoms with E-state index in [0.29, 0.717) is 0 Å². The molecule has 1 aliphatic rings. The molecular weight excluding hydrogens is 312 g/mol. The van der Waals surface area contributed by atoms with Crippen LogP contribution in [0.3, 0.4) is 0 Å². The molecule has 1 saturated heterocycles. The molecule has 3 rings (SSSR count). The Balaban J connectivity index is 0.00000110. The Morgan fingerprint density at radius 1 is 0.905 bits per heavy atom. The smallest absolute Gasteiger partial charge is 0.130 e. The fourth-order valence-corrected chi connectivity index (χ4v) is 2.99. The summed E-state index contributed by atoms with van der Waals surface area (Å²) in [5.41, 5.74) is 0.972. The Kier molecular flexibility index (Phi) is 6.73. The monoisotopic (exact) mass is 332 g/mol. The molecule has 1 atom stereocenters. The molecule has 1 fully saturated rings. The first-order chi connectivity index (χ1) is 9.32. The van der Waals surface area contributed by atoms with Gasteiger partial charge in [-0.15, -0.1) is 0 Å². The van der Waals surface area contributed by atoms with Crippen LogP contribution in [0.4, 0.5) is 0 Å². The minimum atomic E-state index is -0.945. The van der Waals surface area contributed by atoms with Crippen LogP contribution >= 0.6 is 0 Å². The molecule has 1 heterocycles. The first-order valence-electron chi connectivity index (χ1n) is 6.88. The van der Waals surface area contributed by atoms with Crippen molar-refractivity contribution in [1.29, 1.82) is 0 Å². The van der Waals surface area contributed by atoms with Gasteiger partial charge in [0.1, 0.15) is 5.60 Å². The largest absolute Gasteiger partial charge is 0.379 e. The van der Waals surface area contributed by atoms with Crippen LogP contribution in [-0.2, 0) is 25.1 Å². The summed E-state index contributed by atoms with van der Waals surface area (Å²) in [6.07, 6.45) is 2.12. The first-order valence-corrected chi connectivity index (χ1v) is 6.88. The molecule has 2 aromatic rings. The average molecular weight is 334 g/mol. The number of benzene rings is 2. The van der Waals surface area contributed by atoms with Crippen molar-refractivity contribution < 1.29 is 24.6 Å². The first kappa shape index (κ1) is 18.0. The third-order valence-electron chi connectivity index (χ3n) is 3.99. The standard InChI is InChI=1S/C17H19NO.CH3.Zn/c19-17(16-12-7-13-18-16,14-8-3-1-4-9-14)15-10-5-2-6-11-15;;/h1-6,8-11,16,18-19H,7,12-13H2;1H3;/q;-1;. The number of rotatable bonds is 3. The quantitative estimate of drug-likeness (QED) is 0.668. The predicted molar refractivity (Wildman–Crippen MR) is 83.3 cm³/mol. The molecule has 1 unspecified atom stereocenters. The molecule has 0 saturated carbocycles. The molecule has 0 aliphatic carbocycles. The van der Waals surface area contributed by atoms with E-state index in [1.807, 2.05) is 60.7 Å². The molecule has 0 bridgehead atoms. The molecule has 2 aromatic carbocycles. The Morgan fingerprint density at radius 3 is 1.76 bits per heavy atom. The molecule has 2 nitrogen and oxygen atoms in total. The summed E-state index contributed by atoms with van der Waals surface area (Å²) in [6.45, 7) is 0.979. The summed E-state index contributed by atoms with van der Waals surface area (Å²) < 4.78 is 0. The van der Waals surface area contributed by atoms with Crippen LogP contribution in [-0.4, -0.2) is 17.7 Å². The fraction of sp³-hybridized carbons (Fsp3) is 0.278. The maximum absolute atomic E-state index is 11.4. The molecule has 3 heteroatoms. The van der Waals surface area contributed by atoms with Gasteiger partial charge >= 0.3 is 0 Å². The van der Waals surface area contributed by atoms with Crippen molar-refractivity contribution in [2.45, 2.75) is 24.5 Å². The van der Waals surface area contributed by atoms with Gasteiger partial charge in [0.15, 0.2) is 0 Å². The van der Waals surface area contributed by atoms with Crippen molar-refractivity contribution in [3.8, 4) is 0 Å². The minimum absolute atomic E-state index is 0. The second-order valence-electron chi connectivity index (χ2n) is 5.15. The summed E-state index contributed by atoms with van der Waals surface area (Å²) in [4.78, 5) is 0. The van der Waals surface area contributed by atoms with Gasteiger partial charge in [0.2, 0.25) is 0 Å². The van der Waals surface area contributed by atoms with Crippen LogP contribution in [0.2, 0.25) is 0 Å². The summed E-state index contributed by atoms with van der Waals surface area (Å²) in [7, 11) is 0. The zero-order valence-electron chi connectivity index (χ0n) is 12.6. The van der Waals surface area contributed by atoms with Crippen LogP contribution in [0.5, 0.6) is 0 Å². The van der Waals surface area contributed by atoms with Crippen LogP contribution in [0.1, 0.15) is 24.0 Å². The maximum Gasteiger partial charge on any atom is 0.130 e. The molecule has 0 spiro atoms. The van der Waals surface area contributed by atoms with Crippen LogP contribution in [0, 0.1) is 7.43 Å². The summed E-state index contributed by atoms with van der Waals surface area (Å²) >= 11 is 0. The van der Waals surface area contributed by atoms with Gasteiger partial charge in [0, 0.05) is 25.5 Å². The number of hydrogen-bond donors (Lipinski definition) is 2. The van der Waals surface area contributed by atoms with Gasteiger partial charge in [-0.05, 0) is 30.5 Å². The van der Waals surface area contributed by atoms with Crippen molar-refractivity contribution >= 4 is 0 Å². The van der Waals surface area contributed by atoms with E-state index >= 15 is 0 Å². The third-order valence-corrected chi connectivity index (χ3v) is 3.99. The molecular formula is C18H22NOZn-. The van der Waals surface area contributed by atoms with Gasteiger partial charge in [-0.2, -0.15) is 0 Å². The van der Waals surface area contributed by atoms with Gasteiger partial charge in [-0.25, -0.2) is 0 Å². The number of hydrogen-bond acceptors (Lipinski definition) is 2. The normalized spacial score (nSPS) is 17.7. The van der Waals surface area contributed by atoms with Gasteiger partial charge in [0.05, 0.1) is 0 Å². The van der Waals surface area contributed by atoms with Crippen molar-refractivity contribution in [2.75, 3.05) is 6.54 Å². The van der Waals surface area contributed by atoms with Crippen molar-refractivity contribution in [2.24, 2.45) is 0 Å². The van der Waals surface area contributed by atoms with E-state index in [4.69, 9.17) is 0 Å². The molecule has 1 aliphatic heterocycles. The molecule has 108 valence electrons. The number of nitrogens with one attached hydrogen (secondary N) is 1. The second-order valence-corrected chi connectivity index (χ2v) is 5.15. The minimum Gasteiger partial charge on any atom is -0.379 e. The molecule has 21 heavy (non-hydrogen) atoms. The van der Waals surface area contributed by atoms with Gasteiger partial charge in [0.25, 0.3) is 0 Å². The van der Waals surface area contributed by atoms with Gasteiger partial charge in [-0.1, -0.05) is 60.7 Å². The average Bonchev–Trinajstić information content (AvgIpc) is 3.03. The van der Waals surface area contributed by atoms with E-state index in [0.717, 1.165) is 30.5 Å². The molecule has 0 radical (unpaired) electrons. The Hall–Kier alpha value is -1.02. The van der Waals surface area contributed by atoms with Gasteiger partial charge < -0.3 is 17.8 Å². The third kappa shape index (κ3) is 3.43.